The summed E-state index contributed by atoms with van der Waals surface area (Å²) in [4.78, 5) is 26.5. The summed E-state index contributed by atoms with van der Waals surface area (Å²) in [5.74, 6) is 1.32. The minimum Gasteiger partial charge on any atom is -0.497 e. The Kier molecular flexibility index (Phi) is 5.67. The zero-order valence-electron chi connectivity index (χ0n) is 18.3. The molecule has 1 aromatic heterocycles. The molecule has 9 nitrogen and oxygen atoms in total. The summed E-state index contributed by atoms with van der Waals surface area (Å²) in [7, 11) is 6.07. The van der Waals surface area contributed by atoms with Crippen LogP contribution in [-0.4, -0.2) is 42.1 Å². The van der Waals surface area contributed by atoms with Crippen molar-refractivity contribution in [3.05, 3.63) is 73.9 Å². The van der Waals surface area contributed by atoms with Crippen molar-refractivity contribution < 1.29 is 19.3 Å². The molecule has 1 atom stereocenters. The van der Waals surface area contributed by atoms with E-state index in [-0.39, 0.29) is 11.4 Å². The lowest BCUT2D eigenvalue weighted by Gasteiger charge is -2.29. The number of nitrogens with one attached hydrogen (secondary N) is 1. The smallest absolute Gasteiger partial charge is 0.338 e. The number of benzene rings is 2. The van der Waals surface area contributed by atoms with Crippen molar-refractivity contribution in [2.45, 2.75) is 12.5 Å². The number of aromatic hydroxyl groups is 1. The molecule has 0 unspecified atom stereocenters. The van der Waals surface area contributed by atoms with Crippen LogP contribution >= 0.6 is 0 Å². The van der Waals surface area contributed by atoms with Crippen LogP contribution in [0.5, 0.6) is 23.1 Å². The van der Waals surface area contributed by atoms with Crippen LogP contribution < -0.4 is 30.8 Å². The van der Waals surface area contributed by atoms with E-state index in [2.05, 4.69) is 5.32 Å². The molecule has 0 saturated heterocycles. The molecule has 0 radical (unpaired) electrons. The third kappa shape index (κ3) is 3.40. The van der Waals surface area contributed by atoms with Crippen LogP contribution in [0.1, 0.15) is 22.7 Å². The molecule has 0 bridgehead atoms. The van der Waals surface area contributed by atoms with Crippen molar-refractivity contribution >= 4 is 0 Å². The molecule has 32 heavy (non-hydrogen) atoms. The highest BCUT2D eigenvalue weighted by Gasteiger charge is 2.31. The summed E-state index contributed by atoms with van der Waals surface area (Å²) in [6.07, 6.45) is 0.714. The lowest BCUT2D eigenvalue weighted by Crippen LogP contribution is -2.43. The summed E-state index contributed by atoms with van der Waals surface area (Å²) in [6.45, 7) is 0.581. The summed E-state index contributed by atoms with van der Waals surface area (Å²) in [5, 5.41) is 14.2. The monoisotopic (exact) mass is 439 g/mol. The molecule has 0 spiro atoms. The lowest BCUT2D eigenvalue weighted by molar-refractivity contribution is 0.352. The van der Waals surface area contributed by atoms with E-state index in [0.717, 1.165) is 20.3 Å². The van der Waals surface area contributed by atoms with Crippen LogP contribution in [0.25, 0.3) is 5.69 Å². The van der Waals surface area contributed by atoms with Gasteiger partial charge in [0.15, 0.2) is 11.5 Å². The van der Waals surface area contributed by atoms with Crippen LogP contribution in [0.2, 0.25) is 0 Å². The molecule has 9 heteroatoms. The average molecular weight is 439 g/mol. The summed E-state index contributed by atoms with van der Waals surface area (Å²) in [5.41, 5.74) is 0.953. The van der Waals surface area contributed by atoms with Gasteiger partial charge < -0.3 is 24.6 Å². The van der Waals surface area contributed by atoms with E-state index in [1.807, 2.05) is 6.07 Å². The number of rotatable bonds is 5. The van der Waals surface area contributed by atoms with Gasteiger partial charge in [-0.1, -0.05) is 0 Å². The Morgan fingerprint density at radius 1 is 1.00 bits per heavy atom. The zero-order chi connectivity index (χ0) is 23.0. The summed E-state index contributed by atoms with van der Waals surface area (Å²) < 4.78 is 18.1. The lowest BCUT2D eigenvalue weighted by atomic mass is 9.90. The van der Waals surface area contributed by atoms with Crippen molar-refractivity contribution in [2.24, 2.45) is 7.05 Å². The van der Waals surface area contributed by atoms with E-state index in [1.54, 1.807) is 37.4 Å². The normalized spacial score (nSPS) is 15.2. The SMILES string of the molecule is COc1ccc(-n2c(=O)c([C@@H]3NCCc4cc(OC)c(OC)cc43)c(O)n(C)c2=O)cc1. The Balaban J connectivity index is 1.95. The molecule has 2 heterocycles. The Morgan fingerprint density at radius 3 is 2.28 bits per heavy atom. The molecule has 2 N–H and O–H groups in total. The fourth-order valence-electron chi connectivity index (χ4n) is 4.08. The second-order valence-corrected chi connectivity index (χ2v) is 7.46. The maximum absolute atomic E-state index is 13.6. The fraction of sp³-hybridized carbons (Fsp3) is 0.304. The average Bonchev–Trinajstić information content (AvgIpc) is 2.82. The molecular formula is C23H25N3O6. The number of hydrogen-bond acceptors (Lipinski definition) is 7. The summed E-state index contributed by atoms with van der Waals surface area (Å²) >= 11 is 0. The van der Waals surface area contributed by atoms with Crippen molar-refractivity contribution in [3.8, 4) is 28.8 Å². The zero-order valence-corrected chi connectivity index (χ0v) is 18.3. The number of ether oxygens (including phenoxy) is 3. The van der Waals surface area contributed by atoms with Gasteiger partial charge in [0.1, 0.15) is 5.75 Å². The minimum absolute atomic E-state index is 0.0797. The highest BCUT2D eigenvalue weighted by molar-refractivity contribution is 5.52. The molecule has 3 aromatic rings. The molecule has 4 rings (SSSR count). The maximum atomic E-state index is 13.6. The van der Waals surface area contributed by atoms with Crippen molar-refractivity contribution in [1.82, 2.24) is 14.5 Å². The Hall–Kier alpha value is -3.72. The standard InChI is InChI=1S/C23H25N3O6/c1-25-21(27)19(22(28)26(23(25)29)14-5-7-15(30-2)8-6-14)20-16-12-18(32-4)17(31-3)11-13(16)9-10-24-20/h5-8,11-12,20,24,27H,9-10H2,1-4H3/t20-/m1/s1. The predicted octanol–water partition coefficient (Wildman–Crippen LogP) is 1.50. The van der Waals surface area contributed by atoms with Gasteiger partial charge in [0.05, 0.1) is 38.6 Å². The van der Waals surface area contributed by atoms with Crippen LogP contribution in [-0.2, 0) is 13.5 Å². The molecule has 0 amide bonds. The number of nitrogens with zero attached hydrogens (tertiary/aromatic N) is 2. The van der Waals surface area contributed by atoms with Gasteiger partial charge in [-0.15, -0.1) is 0 Å². The van der Waals surface area contributed by atoms with Gasteiger partial charge in [-0.05, 0) is 53.9 Å². The second kappa shape index (κ2) is 8.43. The van der Waals surface area contributed by atoms with E-state index < -0.39 is 17.3 Å². The third-order valence-corrected chi connectivity index (χ3v) is 5.79. The Bertz CT molecular complexity index is 1280. The number of aromatic nitrogens is 2. The van der Waals surface area contributed by atoms with Gasteiger partial charge in [-0.25, -0.2) is 9.36 Å². The van der Waals surface area contributed by atoms with E-state index in [1.165, 1.54) is 21.3 Å². The van der Waals surface area contributed by atoms with Crippen LogP contribution in [0.4, 0.5) is 0 Å². The molecule has 168 valence electrons. The van der Waals surface area contributed by atoms with Gasteiger partial charge >= 0.3 is 5.69 Å². The Morgan fingerprint density at radius 2 is 1.66 bits per heavy atom. The van der Waals surface area contributed by atoms with Crippen molar-refractivity contribution in [2.75, 3.05) is 27.9 Å². The summed E-state index contributed by atoms with van der Waals surface area (Å²) in [6, 6.07) is 9.62. The third-order valence-electron chi connectivity index (χ3n) is 5.79. The van der Waals surface area contributed by atoms with Crippen LogP contribution in [0.15, 0.2) is 46.0 Å². The molecule has 0 fully saturated rings. The van der Waals surface area contributed by atoms with Crippen molar-refractivity contribution in [1.29, 1.82) is 0 Å². The Labute approximate surface area is 184 Å². The largest absolute Gasteiger partial charge is 0.497 e. The molecule has 2 aromatic carbocycles. The molecule has 1 aliphatic heterocycles. The first kappa shape index (κ1) is 21.5. The van der Waals surface area contributed by atoms with Gasteiger partial charge in [-0.2, -0.15) is 0 Å². The van der Waals surface area contributed by atoms with Gasteiger partial charge in [0.25, 0.3) is 5.56 Å². The fourth-order valence-corrected chi connectivity index (χ4v) is 4.08. The second-order valence-electron chi connectivity index (χ2n) is 7.46. The predicted molar refractivity (Wildman–Crippen MR) is 119 cm³/mol. The topological polar surface area (TPSA) is 104 Å². The molecule has 1 aliphatic rings. The van der Waals surface area contributed by atoms with Crippen molar-refractivity contribution in [3.63, 3.8) is 0 Å². The maximum Gasteiger partial charge on any atom is 0.338 e. The first-order valence-corrected chi connectivity index (χ1v) is 10.1. The van der Waals surface area contributed by atoms with Crippen LogP contribution in [0, 0.1) is 0 Å². The number of methoxy groups -OCH3 is 3. The molecule has 0 aliphatic carbocycles. The number of hydrogen-bond donors (Lipinski definition) is 2. The first-order chi connectivity index (χ1) is 15.4. The van der Waals surface area contributed by atoms with Gasteiger partial charge in [0, 0.05) is 13.6 Å². The van der Waals surface area contributed by atoms with Gasteiger partial charge in [-0.3, -0.25) is 9.36 Å². The quantitative estimate of drug-likeness (QED) is 0.621. The van der Waals surface area contributed by atoms with E-state index in [4.69, 9.17) is 14.2 Å². The van der Waals surface area contributed by atoms with Gasteiger partial charge in [0.2, 0.25) is 5.88 Å². The first-order valence-electron chi connectivity index (χ1n) is 10.1. The number of fused-ring (bicyclic) bond motifs is 1. The van der Waals surface area contributed by atoms with Crippen LogP contribution in [0.3, 0.4) is 0 Å². The highest BCUT2D eigenvalue weighted by atomic mass is 16.5. The van der Waals surface area contributed by atoms with E-state index >= 15 is 0 Å². The van der Waals surface area contributed by atoms with E-state index in [0.29, 0.717) is 35.9 Å². The molecular weight excluding hydrogens is 414 g/mol. The highest BCUT2D eigenvalue weighted by Crippen LogP contribution is 2.38. The van der Waals surface area contributed by atoms with E-state index in [9.17, 15) is 14.7 Å². The molecule has 0 saturated carbocycles. The minimum atomic E-state index is -0.648.